The number of fused-ring (bicyclic) bond motifs is 2. The number of methoxy groups -OCH3 is 1. The summed E-state index contributed by atoms with van der Waals surface area (Å²) in [5.74, 6) is 1.64. The average Bonchev–Trinajstić information content (AvgIpc) is 3.31. The van der Waals surface area contributed by atoms with Crippen molar-refractivity contribution in [3.8, 4) is 16.2 Å². The number of hydrogen-bond acceptors (Lipinski definition) is 5. The molecule has 0 saturated carbocycles. The molecule has 4 aliphatic heterocycles. The summed E-state index contributed by atoms with van der Waals surface area (Å²) in [7, 11) is 1.70. The molecule has 4 saturated heterocycles. The van der Waals surface area contributed by atoms with Crippen LogP contribution in [0, 0.1) is 5.92 Å². The number of thiophene rings is 1. The number of hydrogen-bond donors (Lipinski definition) is 0. The molecule has 0 aliphatic carbocycles. The van der Waals surface area contributed by atoms with Crippen molar-refractivity contribution in [2.24, 2.45) is 5.92 Å². The van der Waals surface area contributed by atoms with Crippen LogP contribution in [0.5, 0.6) is 5.75 Å². The highest BCUT2D eigenvalue weighted by molar-refractivity contribution is 7.19. The molecular weight excluding hydrogens is 332 g/mol. The van der Waals surface area contributed by atoms with Crippen LogP contribution in [0.1, 0.15) is 12.8 Å². The van der Waals surface area contributed by atoms with Gasteiger partial charge in [-0.25, -0.2) is 0 Å². The molecule has 1 aromatic carbocycles. The third-order valence-electron chi connectivity index (χ3n) is 6.07. The monoisotopic (exact) mass is 356 g/mol. The van der Waals surface area contributed by atoms with Gasteiger partial charge in [0.05, 0.1) is 18.7 Å². The Morgan fingerprint density at radius 3 is 2.56 bits per heavy atom. The number of benzene rings is 1. The molecule has 0 N–H and O–H groups in total. The van der Waals surface area contributed by atoms with Crippen molar-refractivity contribution in [2.75, 3.05) is 44.9 Å². The van der Waals surface area contributed by atoms with Crippen LogP contribution in [0.4, 0.5) is 5.00 Å². The van der Waals surface area contributed by atoms with E-state index in [-0.39, 0.29) is 5.60 Å². The van der Waals surface area contributed by atoms with Crippen LogP contribution in [0.15, 0.2) is 36.4 Å². The molecule has 5 heteroatoms. The van der Waals surface area contributed by atoms with Gasteiger partial charge < -0.3 is 19.3 Å². The van der Waals surface area contributed by atoms with Crippen molar-refractivity contribution >= 4 is 16.3 Å². The van der Waals surface area contributed by atoms with Crippen molar-refractivity contribution in [3.63, 3.8) is 0 Å². The van der Waals surface area contributed by atoms with E-state index in [0.717, 1.165) is 31.5 Å². The van der Waals surface area contributed by atoms with E-state index in [4.69, 9.17) is 9.47 Å². The van der Waals surface area contributed by atoms with Crippen LogP contribution in [-0.4, -0.2) is 50.5 Å². The molecule has 0 amide bonds. The molecule has 4 fully saturated rings. The second-order valence-electron chi connectivity index (χ2n) is 7.45. The zero-order valence-electron chi connectivity index (χ0n) is 14.6. The van der Waals surface area contributed by atoms with Gasteiger partial charge in [-0.2, -0.15) is 0 Å². The molecule has 4 aliphatic rings. The zero-order valence-corrected chi connectivity index (χ0v) is 15.4. The van der Waals surface area contributed by atoms with E-state index < -0.39 is 0 Å². The normalized spacial score (nSPS) is 31.0. The molecule has 1 aromatic heterocycles. The van der Waals surface area contributed by atoms with Crippen molar-refractivity contribution in [1.29, 1.82) is 0 Å². The van der Waals surface area contributed by atoms with Gasteiger partial charge in [0.2, 0.25) is 0 Å². The predicted molar refractivity (Wildman–Crippen MR) is 102 cm³/mol. The van der Waals surface area contributed by atoms with E-state index in [1.54, 1.807) is 7.11 Å². The first kappa shape index (κ1) is 15.7. The molecule has 2 aromatic rings. The molecule has 4 nitrogen and oxygen atoms in total. The Bertz CT molecular complexity index is 751. The van der Waals surface area contributed by atoms with Gasteiger partial charge in [0.1, 0.15) is 18.1 Å². The van der Waals surface area contributed by atoms with Gasteiger partial charge in [-0.1, -0.05) is 0 Å². The number of piperidine rings is 3. The van der Waals surface area contributed by atoms with Crippen molar-refractivity contribution < 1.29 is 9.47 Å². The standard InChI is InChI=1S/C20H24N2O2S/c1-23-17-4-2-15(3-5-17)18-6-7-19(25-18)22-13-20(24-14-22)12-21-10-8-16(20)9-11-21/h2-7,16H,8-14H2,1H3/t20-/m1/s1. The SMILES string of the molecule is COc1ccc(-c2ccc(N3CO[C@]4(CN5CCC4CC5)C3)s2)cc1. The fourth-order valence-corrected chi connectivity index (χ4v) is 5.64. The van der Waals surface area contributed by atoms with Gasteiger partial charge in [-0.05, 0) is 73.8 Å². The summed E-state index contributed by atoms with van der Waals surface area (Å²) in [6.07, 6.45) is 2.60. The first-order valence-corrected chi connectivity index (χ1v) is 9.93. The number of ether oxygens (including phenoxy) is 2. The van der Waals surface area contributed by atoms with Gasteiger partial charge >= 0.3 is 0 Å². The van der Waals surface area contributed by atoms with Gasteiger partial charge in [0, 0.05) is 11.4 Å². The molecule has 5 heterocycles. The lowest BCUT2D eigenvalue weighted by Gasteiger charge is -2.50. The van der Waals surface area contributed by atoms with Crippen LogP contribution in [-0.2, 0) is 4.74 Å². The van der Waals surface area contributed by atoms with Crippen LogP contribution in [0.3, 0.4) is 0 Å². The minimum absolute atomic E-state index is 0.0702. The Morgan fingerprint density at radius 2 is 1.88 bits per heavy atom. The summed E-state index contributed by atoms with van der Waals surface area (Å²) in [5, 5.41) is 1.32. The Morgan fingerprint density at radius 1 is 1.08 bits per heavy atom. The summed E-state index contributed by atoms with van der Waals surface area (Å²) in [4.78, 5) is 6.31. The molecule has 1 spiro atoms. The second-order valence-corrected chi connectivity index (χ2v) is 8.52. The summed E-state index contributed by atoms with van der Waals surface area (Å²) in [6, 6.07) is 12.8. The quantitative estimate of drug-likeness (QED) is 0.838. The summed E-state index contributed by atoms with van der Waals surface area (Å²) < 4.78 is 11.7. The van der Waals surface area contributed by atoms with E-state index >= 15 is 0 Å². The summed E-state index contributed by atoms with van der Waals surface area (Å²) in [5.41, 5.74) is 1.32. The highest BCUT2D eigenvalue weighted by atomic mass is 32.1. The Labute approximate surface area is 153 Å². The molecule has 2 bridgehead atoms. The molecule has 0 radical (unpaired) electrons. The molecular formula is C20H24N2O2S. The van der Waals surface area contributed by atoms with Gasteiger partial charge in [-0.15, -0.1) is 11.3 Å². The predicted octanol–water partition coefficient (Wildman–Crippen LogP) is 3.68. The maximum atomic E-state index is 6.40. The van der Waals surface area contributed by atoms with E-state index in [0.29, 0.717) is 0 Å². The number of nitrogens with zero attached hydrogens (tertiary/aromatic N) is 2. The number of rotatable bonds is 3. The first-order chi connectivity index (χ1) is 12.3. The first-order valence-electron chi connectivity index (χ1n) is 9.11. The van der Waals surface area contributed by atoms with E-state index in [1.165, 1.54) is 41.4 Å². The van der Waals surface area contributed by atoms with Crippen molar-refractivity contribution in [1.82, 2.24) is 4.90 Å². The zero-order chi connectivity index (χ0) is 16.9. The van der Waals surface area contributed by atoms with E-state index in [9.17, 15) is 0 Å². The topological polar surface area (TPSA) is 24.9 Å². The smallest absolute Gasteiger partial charge is 0.120 e. The average molecular weight is 356 g/mol. The molecule has 25 heavy (non-hydrogen) atoms. The highest BCUT2D eigenvalue weighted by Crippen LogP contribution is 2.44. The van der Waals surface area contributed by atoms with Crippen molar-refractivity contribution in [3.05, 3.63) is 36.4 Å². The van der Waals surface area contributed by atoms with Crippen LogP contribution >= 0.6 is 11.3 Å². The van der Waals surface area contributed by atoms with Gasteiger partial charge in [0.25, 0.3) is 0 Å². The van der Waals surface area contributed by atoms with Crippen LogP contribution in [0.25, 0.3) is 10.4 Å². The largest absolute Gasteiger partial charge is 0.497 e. The third kappa shape index (κ3) is 2.65. The fraction of sp³-hybridized carbons (Fsp3) is 0.500. The third-order valence-corrected chi connectivity index (χ3v) is 7.26. The Balaban J connectivity index is 1.34. The van der Waals surface area contributed by atoms with Crippen molar-refractivity contribution in [2.45, 2.75) is 18.4 Å². The molecule has 0 unspecified atom stereocenters. The minimum Gasteiger partial charge on any atom is -0.497 e. The van der Waals surface area contributed by atoms with E-state index in [2.05, 4.69) is 34.1 Å². The minimum atomic E-state index is 0.0702. The Kier molecular flexibility index (Phi) is 3.77. The lowest BCUT2D eigenvalue weighted by atomic mass is 9.75. The maximum absolute atomic E-state index is 6.40. The van der Waals surface area contributed by atoms with E-state index in [1.807, 2.05) is 23.5 Å². The number of anilines is 1. The molecule has 132 valence electrons. The fourth-order valence-electron chi connectivity index (χ4n) is 4.64. The van der Waals surface area contributed by atoms with Crippen LogP contribution < -0.4 is 9.64 Å². The summed E-state index contributed by atoms with van der Waals surface area (Å²) >= 11 is 1.86. The summed E-state index contributed by atoms with van der Waals surface area (Å²) in [6.45, 7) is 5.40. The van der Waals surface area contributed by atoms with Gasteiger partial charge in [-0.3, -0.25) is 0 Å². The highest BCUT2D eigenvalue weighted by Gasteiger charge is 2.51. The van der Waals surface area contributed by atoms with Crippen LogP contribution in [0.2, 0.25) is 0 Å². The lowest BCUT2D eigenvalue weighted by molar-refractivity contribution is -0.116. The second kappa shape index (κ2) is 6.01. The Hall–Kier alpha value is -1.56. The molecule has 6 rings (SSSR count). The maximum Gasteiger partial charge on any atom is 0.120 e. The van der Waals surface area contributed by atoms with Gasteiger partial charge in [0.15, 0.2) is 0 Å². The lowest BCUT2D eigenvalue weighted by Crippen LogP contribution is -2.60. The molecule has 1 atom stereocenters.